The molecule has 1 aliphatic carbocycles. The molecule has 6 rings (SSSR count). The number of ether oxygens (including phenoxy) is 2. The maximum atomic E-state index is 15.1. The number of piperidine rings is 1. The lowest BCUT2D eigenvalue weighted by Gasteiger charge is -2.22. The first-order chi connectivity index (χ1) is 17.0. The molecule has 3 aliphatic rings. The number of alkyl carbamates (subject to hydrolysis) is 1. The molecular weight excluding hydrogens is 455 g/mol. The molecular formula is C23H29FN8O3. The van der Waals surface area contributed by atoms with E-state index in [1.54, 1.807) is 12.3 Å². The van der Waals surface area contributed by atoms with E-state index in [9.17, 15) is 4.79 Å². The number of halogens is 1. The van der Waals surface area contributed by atoms with Gasteiger partial charge in [-0.2, -0.15) is 10.2 Å². The molecule has 4 N–H and O–H groups in total. The Labute approximate surface area is 201 Å². The number of anilines is 2. The normalized spacial score (nSPS) is 26.1. The largest absolute Gasteiger partial charge is 0.441 e. The number of fused-ring (bicyclic) bond motifs is 1. The van der Waals surface area contributed by atoms with Crippen molar-refractivity contribution in [2.75, 3.05) is 25.0 Å². The highest BCUT2D eigenvalue weighted by Gasteiger charge is 2.44. The fourth-order valence-corrected chi connectivity index (χ4v) is 4.68. The molecule has 11 nitrogen and oxygen atoms in total. The van der Waals surface area contributed by atoms with Gasteiger partial charge >= 0.3 is 6.09 Å². The van der Waals surface area contributed by atoms with Crippen LogP contribution in [0.25, 0.3) is 5.52 Å². The molecule has 3 atom stereocenters. The fraction of sp³-hybridized carbons (Fsp3) is 0.565. The Balaban J connectivity index is 1.15. The number of aromatic nitrogens is 5. The number of nitrogens with one attached hydrogen (secondary N) is 4. The van der Waals surface area contributed by atoms with Gasteiger partial charge in [-0.1, -0.05) is 0 Å². The van der Waals surface area contributed by atoms with E-state index >= 15 is 4.39 Å². The van der Waals surface area contributed by atoms with E-state index in [2.05, 4.69) is 31.2 Å². The molecule has 3 aromatic rings. The van der Waals surface area contributed by atoms with Crippen LogP contribution in [-0.4, -0.2) is 68.4 Å². The highest BCUT2D eigenvalue weighted by molar-refractivity contribution is 5.72. The van der Waals surface area contributed by atoms with Gasteiger partial charge in [0.15, 0.2) is 23.9 Å². The number of carbonyl (C=O) groups is 1. The zero-order valence-corrected chi connectivity index (χ0v) is 19.5. The number of hydrogen-bond donors (Lipinski definition) is 4. The standard InChI is InChI=1S/C23H29FN8O3/c1-23(5-6-23)29-22(33)35-17-12-34-20(19(17)24)14-10-18(31-30-14)28-21-16-4-9-26-32(16)11-15(27-21)13-2-7-25-8-3-13/h4,9-11,13,17,19-20,25H,2-3,5-8,12H2,1H3,(H,29,33)(H2,27,28,30,31)/t17-,19-,20-/m0/s1. The molecule has 12 heteroatoms. The number of carbonyl (C=O) groups excluding carboxylic acids is 1. The molecule has 186 valence electrons. The molecule has 1 amide bonds. The summed E-state index contributed by atoms with van der Waals surface area (Å²) in [5, 5.41) is 20.9. The Hall–Kier alpha value is -3.25. The third-order valence-electron chi connectivity index (χ3n) is 7.06. The minimum absolute atomic E-state index is 0.0198. The van der Waals surface area contributed by atoms with Crippen molar-refractivity contribution >= 4 is 23.2 Å². The van der Waals surface area contributed by atoms with Gasteiger partial charge in [-0.25, -0.2) is 18.7 Å². The minimum Gasteiger partial charge on any atom is -0.441 e. The number of amides is 1. The van der Waals surface area contributed by atoms with Crippen LogP contribution in [0.15, 0.2) is 24.5 Å². The van der Waals surface area contributed by atoms with Crippen molar-refractivity contribution in [2.24, 2.45) is 0 Å². The lowest BCUT2D eigenvalue weighted by atomic mass is 9.95. The van der Waals surface area contributed by atoms with Gasteiger partial charge in [-0.15, -0.1) is 0 Å². The summed E-state index contributed by atoms with van der Waals surface area (Å²) in [4.78, 5) is 16.9. The lowest BCUT2D eigenvalue weighted by molar-refractivity contribution is 0.0604. The van der Waals surface area contributed by atoms with E-state index in [1.807, 2.05) is 23.7 Å². The zero-order chi connectivity index (χ0) is 24.0. The molecule has 0 unspecified atom stereocenters. The molecule has 0 aromatic carbocycles. The smallest absolute Gasteiger partial charge is 0.408 e. The molecule has 2 aliphatic heterocycles. The SMILES string of the molecule is CC1(NC(=O)O[C@H]2CO[C@@H](c3cc(Nc4nc(C5CCNCC5)cn5nccc45)n[nH]3)[C@H]2F)CC1. The van der Waals surface area contributed by atoms with Crippen molar-refractivity contribution in [3.63, 3.8) is 0 Å². The molecule has 0 radical (unpaired) electrons. The highest BCUT2D eigenvalue weighted by atomic mass is 19.1. The summed E-state index contributed by atoms with van der Waals surface area (Å²) in [5.74, 6) is 1.47. The first-order valence-corrected chi connectivity index (χ1v) is 12.1. The van der Waals surface area contributed by atoms with Crippen molar-refractivity contribution < 1.29 is 18.7 Å². The highest BCUT2D eigenvalue weighted by Crippen LogP contribution is 2.36. The summed E-state index contributed by atoms with van der Waals surface area (Å²) in [6.07, 6.45) is 3.53. The Bertz CT molecular complexity index is 1220. The summed E-state index contributed by atoms with van der Waals surface area (Å²) < 4.78 is 27.8. The van der Waals surface area contributed by atoms with Crippen LogP contribution in [0.3, 0.4) is 0 Å². The maximum absolute atomic E-state index is 15.1. The minimum atomic E-state index is -1.51. The molecule has 0 bridgehead atoms. The van der Waals surface area contributed by atoms with Crippen molar-refractivity contribution in [1.29, 1.82) is 0 Å². The third kappa shape index (κ3) is 4.55. The summed E-state index contributed by atoms with van der Waals surface area (Å²) >= 11 is 0. The number of nitrogens with zero attached hydrogens (tertiary/aromatic N) is 4. The van der Waals surface area contributed by atoms with Crippen LogP contribution in [0.1, 0.15) is 56.0 Å². The van der Waals surface area contributed by atoms with Crippen LogP contribution in [0.5, 0.6) is 0 Å². The molecule has 5 heterocycles. The van der Waals surface area contributed by atoms with E-state index in [0.717, 1.165) is 50.0 Å². The van der Waals surface area contributed by atoms with Crippen LogP contribution in [-0.2, 0) is 9.47 Å². The van der Waals surface area contributed by atoms with Crippen molar-refractivity contribution in [1.82, 2.24) is 35.4 Å². The van der Waals surface area contributed by atoms with E-state index in [-0.39, 0.29) is 12.1 Å². The molecule has 35 heavy (non-hydrogen) atoms. The lowest BCUT2D eigenvalue weighted by Crippen LogP contribution is -2.39. The zero-order valence-electron chi connectivity index (χ0n) is 19.5. The van der Waals surface area contributed by atoms with Gasteiger partial charge in [0, 0.05) is 17.5 Å². The van der Waals surface area contributed by atoms with E-state index in [1.165, 1.54) is 0 Å². The number of rotatable bonds is 6. The van der Waals surface area contributed by atoms with Gasteiger partial charge in [0.1, 0.15) is 11.6 Å². The average Bonchev–Trinajstić information content (AvgIpc) is 3.22. The summed E-state index contributed by atoms with van der Waals surface area (Å²) in [5.41, 5.74) is 2.02. The van der Waals surface area contributed by atoms with E-state index in [0.29, 0.717) is 23.2 Å². The van der Waals surface area contributed by atoms with Crippen LogP contribution in [0, 0.1) is 0 Å². The number of alkyl halides is 1. The van der Waals surface area contributed by atoms with Crippen LogP contribution >= 0.6 is 0 Å². The second-order valence-corrected chi connectivity index (χ2v) is 9.86. The van der Waals surface area contributed by atoms with Gasteiger partial charge in [-0.3, -0.25) is 5.10 Å². The van der Waals surface area contributed by atoms with Crippen LogP contribution in [0.4, 0.5) is 20.8 Å². The monoisotopic (exact) mass is 484 g/mol. The summed E-state index contributed by atoms with van der Waals surface area (Å²) in [7, 11) is 0. The topological polar surface area (TPSA) is 130 Å². The van der Waals surface area contributed by atoms with Crippen molar-refractivity contribution in [2.45, 2.75) is 62.4 Å². The predicted octanol–water partition coefficient (Wildman–Crippen LogP) is 2.72. The van der Waals surface area contributed by atoms with E-state index in [4.69, 9.17) is 14.5 Å². The first-order valence-electron chi connectivity index (χ1n) is 12.1. The fourth-order valence-electron chi connectivity index (χ4n) is 4.68. The molecule has 0 spiro atoms. The molecule has 3 aromatic heterocycles. The van der Waals surface area contributed by atoms with E-state index < -0.39 is 24.5 Å². The second-order valence-electron chi connectivity index (χ2n) is 9.86. The average molecular weight is 485 g/mol. The third-order valence-corrected chi connectivity index (χ3v) is 7.06. The Morgan fingerprint density at radius 1 is 1.34 bits per heavy atom. The quantitative estimate of drug-likeness (QED) is 0.420. The summed E-state index contributed by atoms with van der Waals surface area (Å²) in [6.45, 7) is 3.84. The van der Waals surface area contributed by atoms with Crippen LogP contribution < -0.4 is 16.0 Å². The molecule has 2 saturated heterocycles. The molecule has 3 fully saturated rings. The van der Waals surface area contributed by atoms with Gasteiger partial charge in [0.25, 0.3) is 0 Å². The van der Waals surface area contributed by atoms with Gasteiger partial charge in [-0.05, 0) is 51.8 Å². The van der Waals surface area contributed by atoms with Crippen LogP contribution in [0.2, 0.25) is 0 Å². The Kier molecular flexibility index (Phi) is 5.56. The predicted molar refractivity (Wildman–Crippen MR) is 124 cm³/mol. The second kappa shape index (κ2) is 8.76. The first kappa shape index (κ1) is 22.2. The summed E-state index contributed by atoms with van der Waals surface area (Å²) in [6, 6.07) is 3.57. The van der Waals surface area contributed by atoms with Gasteiger partial charge in [0.2, 0.25) is 0 Å². The number of H-pyrrole nitrogens is 1. The van der Waals surface area contributed by atoms with Crippen molar-refractivity contribution in [3.05, 3.63) is 35.9 Å². The number of aromatic amines is 1. The molecule has 1 saturated carbocycles. The number of hydrogen-bond acceptors (Lipinski definition) is 8. The maximum Gasteiger partial charge on any atom is 0.408 e. The van der Waals surface area contributed by atoms with Gasteiger partial charge in [0.05, 0.1) is 30.4 Å². The van der Waals surface area contributed by atoms with Gasteiger partial charge < -0.3 is 25.4 Å². The Morgan fingerprint density at radius 2 is 2.17 bits per heavy atom. The Morgan fingerprint density at radius 3 is 2.97 bits per heavy atom. The van der Waals surface area contributed by atoms with Crippen molar-refractivity contribution in [3.8, 4) is 0 Å².